The third-order valence-electron chi connectivity index (χ3n) is 4.47. The van der Waals surface area contributed by atoms with Gasteiger partial charge in [-0.1, -0.05) is 13.0 Å². The zero-order chi connectivity index (χ0) is 16.2. The number of carbonyl (C=O) groups is 1. The molecule has 1 atom stereocenters. The molecule has 2 heterocycles. The molecule has 2 aliphatic heterocycles. The maximum Gasteiger partial charge on any atom is 0.236 e. The SMILES string of the molecule is CC1CCCN(C(=O)CN(C)Cc2ccc3c(c2)OCCO3)C1. The first-order chi connectivity index (χ1) is 11.1. The molecule has 126 valence electrons. The Morgan fingerprint density at radius 3 is 2.87 bits per heavy atom. The van der Waals surface area contributed by atoms with Crippen LogP contribution in [0.1, 0.15) is 25.3 Å². The van der Waals surface area contributed by atoms with Gasteiger partial charge in [0.25, 0.3) is 0 Å². The van der Waals surface area contributed by atoms with Crippen LogP contribution in [0, 0.1) is 5.92 Å². The van der Waals surface area contributed by atoms with Crippen molar-refractivity contribution in [3.05, 3.63) is 23.8 Å². The maximum atomic E-state index is 12.4. The highest BCUT2D eigenvalue weighted by atomic mass is 16.6. The number of nitrogens with zero attached hydrogens (tertiary/aromatic N) is 2. The Labute approximate surface area is 138 Å². The van der Waals surface area contributed by atoms with Gasteiger partial charge in [0.05, 0.1) is 6.54 Å². The number of fused-ring (bicyclic) bond motifs is 1. The smallest absolute Gasteiger partial charge is 0.236 e. The van der Waals surface area contributed by atoms with Crippen LogP contribution in [0.5, 0.6) is 11.5 Å². The number of likely N-dealkylation sites (tertiary alicyclic amines) is 1. The fourth-order valence-corrected chi connectivity index (χ4v) is 3.30. The van der Waals surface area contributed by atoms with Crippen molar-refractivity contribution in [1.29, 1.82) is 0 Å². The number of rotatable bonds is 4. The molecule has 1 unspecified atom stereocenters. The molecule has 1 saturated heterocycles. The average molecular weight is 318 g/mol. The molecule has 1 aromatic carbocycles. The predicted octanol–water partition coefficient (Wildman–Crippen LogP) is 2.15. The fraction of sp³-hybridized carbons (Fsp3) is 0.611. The lowest BCUT2D eigenvalue weighted by Crippen LogP contribution is -2.43. The first kappa shape index (κ1) is 16.1. The average Bonchev–Trinajstić information content (AvgIpc) is 2.54. The van der Waals surface area contributed by atoms with E-state index in [0.29, 0.717) is 25.7 Å². The van der Waals surface area contributed by atoms with E-state index >= 15 is 0 Å². The minimum atomic E-state index is 0.233. The zero-order valence-electron chi connectivity index (χ0n) is 14.1. The molecule has 0 aliphatic carbocycles. The van der Waals surface area contributed by atoms with E-state index in [1.807, 2.05) is 30.1 Å². The summed E-state index contributed by atoms with van der Waals surface area (Å²) < 4.78 is 11.2. The van der Waals surface area contributed by atoms with Gasteiger partial charge >= 0.3 is 0 Å². The molecule has 1 aromatic rings. The van der Waals surface area contributed by atoms with E-state index in [4.69, 9.17) is 9.47 Å². The summed E-state index contributed by atoms with van der Waals surface area (Å²) in [6.45, 7) is 6.41. The van der Waals surface area contributed by atoms with E-state index in [1.54, 1.807) is 0 Å². The number of carbonyl (C=O) groups excluding carboxylic acids is 1. The second-order valence-electron chi connectivity index (χ2n) is 6.74. The van der Waals surface area contributed by atoms with Gasteiger partial charge in [0, 0.05) is 19.6 Å². The molecule has 5 heteroatoms. The van der Waals surface area contributed by atoms with E-state index in [9.17, 15) is 4.79 Å². The maximum absolute atomic E-state index is 12.4. The minimum Gasteiger partial charge on any atom is -0.486 e. The summed E-state index contributed by atoms with van der Waals surface area (Å²) >= 11 is 0. The van der Waals surface area contributed by atoms with E-state index in [2.05, 4.69) is 11.8 Å². The monoisotopic (exact) mass is 318 g/mol. The molecule has 1 amide bonds. The number of likely N-dealkylation sites (N-methyl/N-ethyl adjacent to an activating group) is 1. The zero-order valence-corrected chi connectivity index (χ0v) is 14.1. The molecular weight excluding hydrogens is 292 g/mol. The van der Waals surface area contributed by atoms with Gasteiger partial charge in [0.1, 0.15) is 13.2 Å². The number of amides is 1. The highest BCUT2D eigenvalue weighted by molar-refractivity contribution is 5.78. The van der Waals surface area contributed by atoms with Gasteiger partial charge in [-0.25, -0.2) is 0 Å². The summed E-state index contributed by atoms with van der Waals surface area (Å²) in [5.74, 6) is 2.46. The Morgan fingerprint density at radius 1 is 1.30 bits per heavy atom. The summed E-state index contributed by atoms with van der Waals surface area (Å²) in [5.41, 5.74) is 1.14. The normalized spacial score (nSPS) is 20.7. The van der Waals surface area contributed by atoms with E-state index in [0.717, 1.165) is 43.1 Å². The number of hydrogen-bond acceptors (Lipinski definition) is 4. The molecule has 0 spiro atoms. The van der Waals surface area contributed by atoms with E-state index in [-0.39, 0.29) is 5.91 Å². The molecule has 23 heavy (non-hydrogen) atoms. The van der Waals surface area contributed by atoms with Crippen LogP contribution in [0.4, 0.5) is 0 Å². The Hall–Kier alpha value is -1.75. The van der Waals surface area contributed by atoms with Crippen LogP contribution in [0.3, 0.4) is 0 Å². The molecule has 0 N–H and O–H groups in total. The van der Waals surface area contributed by atoms with Gasteiger partial charge in [-0.2, -0.15) is 0 Å². The Balaban J connectivity index is 1.54. The number of benzene rings is 1. The van der Waals surface area contributed by atoms with Crippen LogP contribution < -0.4 is 9.47 Å². The highest BCUT2D eigenvalue weighted by Crippen LogP contribution is 2.31. The van der Waals surface area contributed by atoms with Crippen LogP contribution in [0.2, 0.25) is 0 Å². The van der Waals surface area contributed by atoms with Crippen LogP contribution in [-0.2, 0) is 11.3 Å². The van der Waals surface area contributed by atoms with Crippen LogP contribution in [0.25, 0.3) is 0 Å². The second kappa shape index (κ2) is 7.21. The van der Waals surface area contributed by atoms with Gasteiger partial charge in [-0.3, -0.25) is 9.69 Å². The topological polar surface area (TPSA) is 42.0 Å². The van der Waals surface area contributed by atoms with Gasteiger partial charge in [-0.05, 0) is 43.5 Å². The van der Waals surface area contributed by atoms with E-state index in [1.165, 1.54) is 6.42 Å². The standard InChI is InChI=1S/C18H26N2O3/c1-14-4-3-7-20(11-14)18(21)13-19(2)12-15-5-6-16-17(10-15)23-9-8-22-16/h5-6,10,14H,3-4,7-9,11-13H2,1-2H3. The summed E-state index contributed by atoms with van der Waals surface area (Å²) in [6, 6.07) is 6.00. The predicted molar refractivity (Wildman–Crippen MR) is 88.7 cm³/mol. The van der Waals surface area contributed by atoms with Gasteiger partial charge < -0.3 is 14.4 Å². The molecule has 0 radical (unpaired) electrons. The Morgan fingerprint density at radius 2 is 2.09 bits per heavy atom. The van der Waals surface area contributed by atoms with E-state index < -0.39 is 0 Å². The Bertz CT molecular complexity index is 561. The van der Waals surface area contributed by atoms with Gasteiger partial charge in [0.15, 0.2) is 11.5 Å². The number of piperidine rings is 1. The molecule has 0 saturated carbocycles. The van der Waals surface area contributed by atoms with Crippen molar-refractivity contribution in [2.24, 2.45) is 5.92 Å². The highest BCUT2D eigenvalue weighted by Gasteiger charge is 2.22. The quantitative estimate of drug-likeness (QED) is 0.853. The first-order valence-electron chi connectivity index (χ1n) is 8.46. The van der Waals surface area contributed by atoms with Crippen LogP contribution in [0.15, 0.2) is 18.2 Å². The largest absolute Gasteiger partial charge is 0.486 e. The van der Waals surface area contributed by atoms with Crippen molar-refractivity contribution >= 4 is 5.91 Å². The van der Waals surface area contributed by atoms with Crippen LogP contribution in [-0.4, -0.2) is 55.6 Å². The Kier molecular flexibility index (Phi) is 5.06. The van der Waals surface area contributed by atoms with Crippen molar-refractivity contribution in [2.75, 3.05) is 39.9 Å². The molecular formula is C18H26N2O3. The van der Waals surface area contributed by atoms with Crippen molar-refractivity contribution in [1.82, 2.24) is 9.80 Å². The van der Waals surface area contributed by atoms with Crippen molar-refractivity contribution in [2.45, 2.75) is 26.3 Å². The third-order valence-corrected chi connectivity index (χ3v) is 4.47. The summed E-state index contributed by atoms with van der Waals surface area (Å²) in [6.07, 6.45) is 2.36. The molecule has 0 bridgehead atoms. The molecule has 5 nitrogen and oxygen atoms in total. The lowest BCUT2D eigenvalue weighted by atomic mass is 10.0. The van der Waals surface area contributed by atoms with Crippen LogP contribution >= 0.6 is 0 Å². The fourth-order valence-electron chi connectivity index (χ4n) is 3.30. The second-order valence-corrected chi connectivity index (χ2v) is 6.74. The molecule has 2 aliphatic rings. The minimum absolute atomic E-state index is 0.233. The van der Waals surface area contributed by atoms with Crippen molar-refractivity contribution in [3.63, 3.8) is 0 Å². The van der Waals surface area contributed by atoms with Crippen molar-refractivity contribution in [3.8, 4) is 11.5 Å². The number of ether oxygens (including phenoxy) is 2. The first-order valence-corrected chi connectivity index (χ1v) is 8.46. The third kappa shape index (κ3) is 4.16. The van der Waals surface area contributed by atoms with Gasteiger partial charge in [-0.15, -0.1) is 0 Å². The number of hydrogen-bond donors (Lipinski definition) is 0. The lowest BCUT2D eigenvalue weighted by molar-refractivity contribution is -0.133. The summed E-state index contributed by atoms with van der Waals surface area (Å²) in [4.78, 5) is 16.5. The molecule has 1 fully saturated rings. The summed E-state index contributed by atoms with van der Waals surface area (Å²) in [5, 5.41) is 0. The lowest BCUT2D eigenvalue weighted by Gasteiger charge is -2.32. The molecule has 3 rings (SSSR count). The molecule has 0 aromatic heterocycles. The summed E-state index contributed by atoms with van der Waals surface area (Å²) in [7, 11) is 1.99. The van der Waals surface area contributed by atoms with Gasteiger partial charge in [0.2, 0.25) is 5.91 Å². The van der Waals surface area contributed by atoms with Crippen molar-refractivity contribution < 1.29 is 14.3 Å².